The average molecular weight is 536 g/mol. The molecule has 1 aliphatic rings. The van der Waals surface area contributed by atoms with E-state index in [0.717, 1.165) is 11.3 Å². The maximum atomic E-state index is 13.0. The molecule has 0 bridgehead atoms. The number of thiocarbonyl (C=S) groups is 1. The highest BCUT2D eigenvalue weighted by atomic mass is 32.2. The number of nitrogens with zero attached hydrogens (tertiary/aromatic N) is 1. The second-order valence-corrected chi connectivity index (χ2v) is 9.74. The van der Waals surface area contributed by atoms with Crippen LogP contribution in [0.15, 0.2) is 77.7 Å². The molecule has 1 fully saturated rings. The summed E-state index contributed by atoms with van der Waals surface area (Å²) >= 11 is 6.56. The van der Waals surface area contributed by atoms with Crippen LogP contribution in [0.5, 0.6) is 11.5 Å². The molecule has 1 heterocycles. The van der Waals surface area contributed by atoms with Gasteiger partial charge in [0.2, 0.25) is 0 Å². The van der Waals surface area contributed by atoms with Crippen LogP contribution in [0.2, 0.25) is 0 Å². The minimum atomic E-state index is -1.07. The van der Waals surface area contributed by atoms with Crippen molar-refractivity contribution in [1.82, 2.24) is 0 Å². The molecule has 7 nitrogen and oxygen atoms in total. The summed E-state index contributed by atoms with van der Waals surface area (Å²) in [5.41, 5.74) is 2.48. The molecule has 0 unspecified atom stereocenters. The van der Waals surface area contributed by atoms with E-state index in [1.807, 2.05) is 55.5 Å². The van der Waals surface area contributed by atoms with E-state index in [4.69, 9.17) is 26.4 Å². The molecule has 190 valence electrons. The number of carbonyl (C=O) groups is 2. The Bertz CT molecular complexity index is 1320. The molecule has 1 N–H and O–H groups in total. The number of benzene rings is 3. The number of carbonyl (C=O) groups excluding carboxylic acids is 1. The Balaban J connectivity index is 1.28. The van der Waals surface area contributed by atoms with Gasteiger partial charge in [0.25, 0.3) is 5.91 Å². The van der Waals surface area contributed by atoms with E-state index >= 15 is 0 Å². The first kappa shape index (κ1) is 26.4. The molecule has 0 aliphatic carbocycles. The van der Waals surface area contributed by atoms with Gasteiger partial charge in [-0.3, -0.25) is 9.69 Å². The van der Waals surface area contributed by atoms with E-state index in [9.17, 15) is 14.7 Å². The summed E-state index contributed by atoms with van der Waals surface area (Å²) in [5, 5.41) is 9.24. The van der Waals surface area contributed by atoms with E-state index in [1.165, 1.54) is 34.4 Å². The van der Waals surface area contributed by atoms with E-state index in [-0.39, 0.29) is 11.5 Å². The molecule has 0 radical (unpaired) electrons. The van der Waals surface area contributed by atoms with Crippen molar-refractivity contribution >= 4 is 51.9 Å². The summed E-state index contributed by atoms with van der Waals surface area (Å²) in [6, 6.07) is 21.4. The molecule has 1 aliphatic heterocycles. The molecule has 3 aromatic carbocycles. The van der Waals surface area contributed by atoms with Gasteiger partial charge in [0.05, 0.1) is 29.4 Å². The van der Waals surface area contributed by atoms with Crippen LogP contribution in [-0.2, 0) is 9.53 Å². The summed E-state index contributed by atoms with van der Waals surface area (Å²) in [6.45, 7) is 3.72. The highest BCUT2D eigenvalue weighted by Crippen LogP contribution is 2.36. The first-order valence-corrected chi connectivity index (χ1v) is 12.7. The average Bonchev–Trinajstić information content (AvgIpc) is 3.17. The lowest BCUT2D eigenvalue weighted by atomic mass is 10.1. The molecular formula is C28H25NO6S2. The molecule has 0 spiro atoms. The number of rotatable bonds is 11. The predicted octanol–water partition coefficient (Wildman–Crippen LogP) is 5.57. The number of carboxylic acid groups (broad SMARTS) is 1. The number of hydrogen-bond acceptors (Lipinski definition) is 7. The molecular weight excluding hydrogens is 510 g/mol. The number of aryl methyl sites for hydroxylation is 1. The Morgan fingerprint density at radius 1 is 0.946 bits per heavy atom. The largest absolute Gasteiger partial charge is 0.491 e. The summed E-state index contributed by atoms with van der Waals surface area (Å²) in [5.74, 6) is 0.0941. The quantitative estimate of drug-likeness (QED) is 0.194. The van der Waals surface area contributed by atoms with Gasteiger partial charge < -0.3 is 19.3 Å². The second-order valence-electron chi connectivity index (χ2n) is 8.07. The van der Waals surface area contributed by atoms with Crippen molar-refractivity contribution in [1.29, 1.82) is 0 Å². The number of thioether (sulfide) groups is 1. The topological polar surface area (TPSA) is 85.3 Å². The van der Waals surface area contributed by atoms with Crippen molar-refractivity contribution in [2.45, 2.75) is 6.92 Å². The van der Waals surface area contributed by atoms with Crippen molar-refractivity contribution in [3.63, 3.8) is 0 Å². The first-order valence-electron chi connectivity index (χ1n) is 11.5. The lowest BCUT2D eigenvalue weighted by Gasteiger charge is -2.14. The molecule has 9 heteroatoms. The normalized spacial score (nSPS) is 14.3. The van der Waals surface area contributed by atoms with Crippen molar-refractivity contribution in [3.05, 3.63) is 94.4 Å². The van der Waals surface area contributed by atoms with Gasteiger partial charge in [0.15, 0.2) is 4.32 Å². The second kappa shape index (κ2) is 12.5. The number of anilines is 1. The van der Waals surface area contributed by atoms with E-state index in [0.29, 0.717) is 47.1 Å². The van der Waals surface area contributed by atoms with Gasteiger partial charge in [-0.25, -0.2) is 4.79 Å². The minimum absolute atomic E-state index is 0.0863. The van der Waals surface area contributed by atoms with Crippen LogP contribution in [0.3, 0.4) is 0 Å². The maximum Gasteiger partial charge on any atom is 0.335 e. The molecule has 37 heavy (non-hydrogen) atoms. The van der Waals surface area contributed by atoms with Crippen molar-refractivity contribution in [2.75, 3.05) is 31.3 Å². The van der Waals surface area contributed by atoms with Gasteiger partial charge in [-0.1, -0.05) is 59.9 Å². The molecule has 1 saturated heterocycles. The SMILES string of the molecule is Cc1ccc(OCCOCCOc2cccc(/C=C3\SC(=S)N(c4cccc(C(=O)O)c4)C3=O)c2)cc1. The Kier molecular flexibility index (Phi) is 8.95. The van der Waals surface area contributed by atoms with Gasteiger partial charge in [-0.15, -0.1) is 0 Å². The van der Waals surface area contributed by atoms with Crippen LogP contribution in [-0.4, -0.2) is 47.7 Å². The Labute approximate surface area is 224 Å². The number of ether oxygens (including phenoxy) is 3. The summed E-state index contributed by atoms with van der Waals surface area (Å²) < 4.78 is 17.3. The lowest BCUT2D eigenvalue weighted by molar-refractivity contribution is -0.113. The standard InChI is InChI=1S/C28H25NO6S2/c1-19-8-10-23(11-9-19)34-14-12-33-13-15-35-24-7-2-4-20(16-24)17-25-26(30)29(28(36)37-25)22-6-3-5-21(18-22)27(31)32/h2-11,16-18H,12-15H2,1H3,(H,31,32)/b25-17-. The number of amides is 1. The maximum absolute atomic E-state index is 13.0. The summed E-state index contributed by atoms with van der Waals surface area (Å²) in [7, 11) is 0. The molecule has 3 aromatic rings. The lowest BCUT2D eigenvalue weighted by Crippen LogP contribution is -2.27. The first-order chi connectivity index (χ1) is 17.9. The fraction of sp³-hybridized carbons (Fsp3) is 0.179. The fourth-order valence-corrected chi connectivity index (χ4v) is 4.79. The summed E-state index contributed by atoms with van der Waals surface area (Å²) in [6.07, 6.45) is 1.74. The van der Waals surface area contributed by atoms with Gasteiger partial charge in [-0.2, -0.15) is 0 Å². The summed E-state index contributed by atoms with van der Waals surface area (Å²) in [4.78, 5) is 26.1. The van der Waals surface area contributed by atoms with Crippen LogP contribution in [0.1, 0.15) is 21.5 Å². The zero-order chi connectivity index (χ0) is 26.2. The number of carboxylic acids is 1. The number of aromatic carboxylic acids is 1. The van der Waals surface area contributed by atoms with Gasteiger partial charge >= 0.3 is 5.97 Å². The highest BCUT2D eigenvalue weighted by Gasteiger charge is 2.33. The third-order valence-corrected chi connectivity index (χ3v) is 6.62. The van der Waals surface area contributed by atoms with Gasteiger partial charge in [0.1, 0.15) is 24.7 Å². The van der Waals surface area contributed by atoms with E-state index < -0.39 is 5.97 Å². The van der Waals surface area contributed by atoms with Crippen molar-refractivity contribution in [2.24, 2.45) is 0 Å². The van der Waals surface area contributed by atoms with Crippen LogP contribution >= 0.6 is 24.0 Å². The highest BCUT2D eigenvalue weighted by molar-refractivity contribution is 8.27. The van der Waals surface area contributed by atoms with Crippen LogP contribution < -0.4 is 14.4 Å². The Hall–Kier alpha value is -3.66. The molecule has 1 amide bonds. The monoisotopic (exact) mass is 535 g/mol. The molecule has 0 atom stereocenters. The van der Waals surface area contributed by atoms with Crippen LogP contribution in [0, 0.1) is 6.92 Å². The molecule has 4 rings (SSSR count). The van der Waals surface area contributed by atoms with Gasteiger partial charge in [0, 0.05) is 0 Å². The smallest absolute Gasteiger partial charge is 0.335 e. The van der Waals surface area contributed by atoms with Gasteiger partial charge in [-0.05, 0) is 61.0 Å². The van der Waals surface area contributed by atoms with Crippen LogP contribution in [0.4, 0.5) is 5.69 Å². The minimum Gasteiger partial charge on any atom is -0.491 e. The fourth-order valence-electron chi connectivity index (χ4n) is 3.49. The van der Waals surface area contributed by atoms with Crippen LogP contribution in [0.25, 0.3) is 6.08 Å². The zero-order valence-electron chi connectivity index (χ0n) is 20.1. The predicted molar refractivity (Wildman–Crippen MR) is 148 cm³/mol. The number of hydrogen-bond donors (Lipinski definition) is 1. The Morgan fingerprint density at radius 2 is 1.65 bits per heavy atom. The Morgan fingerprint density at radius 3 is 2.38 bits per heavy atom. The zero-order valence-corrected chi connectivity index (χ0v) is 21.7. The van der Waals surface area contributed by atoms with Crippen molar-refractivity contribution < 1.29 is 28.9 Å². The third-order valence-electron chi connectivity index (χ3n) is 5.31. The molecule has 0 aromatic heterocycles. The van der Waals surface area contributed by atoms with E-state index in [1.54, 1.807) is 18.2 Å². The van der Waals surface area contributed by atoms with E-state index in [2.05, 4.69) is 0 Å². The van der Waals surface area contributed by atoms with Crippen molar-refractivity contribution in [3.8, 4) is 11.5 Å². The molecule has 0 saturated carbocycles. The third kappa shape index (κ3) is 7.19.